The highest BCUT2D eigenvalue weighted by molar-refractivity contribution is 5.93. The number of piperazine rings is 1. The second-order valence-corrected chi connectivity index (χ2v) is 7.49. The van der Waals surface area contributed by atoms with Gasteiger partial charge < -0.3 is 4.90 Å². The molecule has 2 aromatic carbocycles. The molecule has 0 saturated carbocycles. The van der Waals surface area contributed by atoms with Crippen LogP contribution >= 0.6 is 0 Å². The summed E-state index contributed by atoms with van der Waals surface area (Å²) in [5.41, 5.74) is 3.75. The van der Waals surface area contributed by atoms with Gasteiger partial charge in [0, 0.05) is 32.4 Å². The minimum Gasteiger partial charge on any atom is -0.335 e. The van der Waals surface area contributed by atoms with E-state index in [2.05, 4.69) is 63.5 Å². The molecule has 1 aliphatic heterocycles. The van der Waals surface area contributed by atoms with Gasteiger partial charge in [-0.1, -0.05) is 60.7 Å². The first-order valence-electron chi connectivity index (χ1n) is 10.2. The van der Waals surface area contributed by atoms with Crippen LogP contribution in [-0.4, -0.2) is 56.5 Å². The molecule has 1 aliphatic rings. The summed E-state index contributed by atoms with van der Waals surface area (Å²) in [7, 11) is 0. The average molecular weight is 397 g/mol. The Labute approximate surface area is 175 Å². The molecular formula is C24H23N5O. The molecule has 0 spiro atoms. The Bertz CT molecular complexity index is 1090. The number of nitrogens with zero attached hydrogens (tertiary/aromatic N) is 5. The van der Waals surface area contributed by atoms with E-state index in [0.29, 0.717) is 24.4 Å². The molecule has 1 amide bonds. The molecule has 0 N–H and O–H groups in total. The van der Waals surface area contributed by atoms with Crippen molar-refractivity contribution in [3.63, 3.8) is 0 Å². The van der Waals surface area contributed by atoms with Gasteiger partial charge in [0.15, 0.2) is 11.3 Å². The second-order valence-electron chi connectivity index (χ2n) is 7.49. The van der Waals surface area contributed by atoms with Crippen molar-refractivity contribution in [3.8, 4) is 0 Å². The Morgan fingerprint density at radius 2 is 1.43 bits per heavy atom. The zero-order valence-electron chi connectivity index (χ0n) is 16.6. The quantitative estimate of drug-likeness (QED) is 0.530. The van der Waals surface area contributed by atoms with Crippen LogP contribution in [0.25, 0.3) is 5.65 Å². The van der Waals surface area contributed by atoms with Crippen molar-refractivity contribution in [1.29, 1.82) is 0 Å². The lowest BCUT2D eigenvalue weighted by Crippen LogP contribution is -2.50. The van der Waals surface area contributed by atoms with Gasteiger partial charge in [-0.3, -0.25) is 9.69 Å². The van der Waals surface area contributed by atoms with Crippen molar-refractivity contribution in [3.05, 3.63) is 102 Å². The minimum atomic E-state index is -0.0168. The van der Waals surface area contributed by atoms with Crippen molar-refractivity contribution >= 4 is 11.6 Å². The minimum absolute atomic E-state index is 0.0168. The number of benzene rings is 2. The van der Waals surface area contributed by atoms with Crippen molar-refractivity contribution in [1.82, 2.24) is 24.4 Å². The molecule has 150 valence electrons. The van der Waals surface area contributed by atoms with E-state index in [9.17, 15) is 4.79 Å². The highest BCUT2D eigenvalue weighted by atomic mass is 16.2. The van der Waals surface area contributed by atoms with E-state index in [-0.39, 0.29) is 11.9 Å². The van der Waals surface area contributed by atoms with Crippen LogP contribution in [0, 0.1) is 0 Å². The van der Waals surface area contributed by atoms with E-state index in [1.165, 1.54) is 11.1 Å². The van der Waals surface area contributed by atoms with E-state index in [4.69, 9.17) is 0 Å². The lowest BCUT2D eigenvalue weighted by Gasteiger charge is -2.39. The highest BCUT2D eigenvalue weighted by Crippen LogP contribution is 2.29. The molecule has 0 atom stereocenters. The predicted octanol–water partition coefficient (Wildman–Crippen LogP) is 3.28. The fourth-order valence-corrected chi connectivity index (χ4v) is 4.21. The zero-order valence-corrected chi connectivity index (χ0v) is 16.6. The number of hydrogen-bond donors (Lipinski definition) is 0. The molecule has 0 bridgehead atoms. The molecule has 30 heavy (non-hydrogen) atoms. The molecule has 2 aromatic heterocycles. The first-order valence-corrected chi connectivity index (χ1v) is 10.2. The molecule has 0 aliphatic carbocycles. The van der Waals surface area contributed by atoms with Crippen molar-refractivity contribution in [2.45, 2.75) is 6.04 Å². The van der Waals surface area contributed by atoms with Gasteiger partial charge in [0.05, 0.1) is 12.2 Å². The number of carbonyl (C=O) groups is 1. The van der Waals surface area contributed by atoms with Crippen LogP contribution in [0.15, 0.2) is 85.2 Å². The largest absolute Gasteiger partial charge is 0.335 e. The molecule has 4 aromatic rings. The van der Waals surface area contributed by atoms with Gasteiger partial charge in [-0.15, -0.1) is 0 Å². The van der Waals surface area contributed by atoms with E-state index >= 15 is 0 Å². The Morgan fingerprint density at radius 1 is 0.800 bits per heavy atom. The van der Waals surface area contributed by atoms with Gasteiger partial charge in [0.1, 0.15) is 0 Å². The number of hydrogen-bond acceptors (Lipinski definition) is 4. The fourth-order valence-electron chi connectivity index (χ4n) is 4.21. The molecule has 0 unspecified atom stereocenters. The fraction of sp³-hybridized carbons (Fsp3) is 0.208. The third kappa shape index (κ3) is 3.46. The predicted molar refractivity (Wildman–Crippen MR) is 115 cm³/mol. The van der Waals surface area contributed by atoms with E-state index in [1.807, 2.05) is 29.2 Å². The van der Waals surface area contributed by atoms with Gasteiger partial charge in [-0.2, -0.15) is 5.10 Å². The third-order valence-corrected chi connectivity index (χ3v) is 5.69. The summed E-state index contributed by atoms with van der Waals surface area (Å²) in [6.07, 6.45) is 3.29. The molecular weight excluding hydrogens is 374 g/mol. The normalized spacial score (nSPS) is 15.0. The monoisotopic (exact) mass is 397 g/mol. The molecule has 1 saturated heterocycles. The zero-order chi connectivity index (χ0) is 20.3. The van der Waals surface area contributed by atoms with Crippen LogP contribution in [-0.2, 0) is 0 Å². The molecule has 1 fully saturated rings. The maximum Gasteiger partial charge on any atom is 0.274 e. The summed E-state index contributed by atoms with van der Waals surface area (Å²) >= 11 is 0. The van der Waals surface area contributed by atoms with Crippen LogP contribution in [0.3, 0.4) is 0 Å². The Balaban J connectivity index is 1.35. The van der Waals surface area contributed by atoms with Crippen LogP contribution in [0.5, 0.6) is 0 Å². The van der Waals surface area contributed by atoms with Gasteiger partial charge in [-0.05, 0) is 23.3 Å². The van der Waals surface area contributed by atoms with Gasteiger partial charge in [0.25, 0.3) is 5.91 Å². The number of fused-ring (bicyclic) bond motifs is 1. The number of aromatic nitrogens is 3. The lowest BCUT2D eigenvalue weighted by molar-refractivity contribution is 0.0589. The van der Waals surface area contributed by atoms with E-state index in [0.717, 1.165) is 13.1 Å². The topological polar surface area (TPSA) is 53.7 Å². The van der Waals surface area contributed by atoms with Crippen LogP contribution in [0.1, 0.15) is 27.7 Å². The highest BCUT2D eigenvalue weighted by Gasteiger charge is 2.29. The molecule has 0 radical (unpaired) electrons. The van der Waals surface area contributed by atoms with E-state index in [1.54, 1.807) is 16.9 Å². The molecule has 3 heterocycles. The van der Waals surface area contributed by atoms with Gasteiger partial charge in [0.2, 0.25) is 0 Å². The van der Waals surface area contributed by atoms with Crippen molar-refractivity contribution in [2.24, 2.45) is 0 Å². The van der Waals surface area contributed by atoms with Crippen LogP contribution < -0.4 is 0 Å². The van der Waals surface area contributed by atoms with Crippen molar-refractivity contribution < 1.29 is 4.79 Å². The first kappa shape index (κ1) is 18.5. The smallest absolute Gasteiger partial charge is 0.274 e. The number of amides is 1. The maximum atomic E-state index is 13.1. The lowest BCUT2D eigenvalue weighted by atomic mass is 9.96. The molecule has 5 rings (SSSR count). The average Bonchev–Trinajstić information content (AvgIpc) is 3.25. The summed E-state index contributed by atoms with van der Waals surface area (Å²) in [5, 5.41) is 4.28. The van der Waals surface area contributed by atoms with Gasteiger partial charge in [-0.25, -0.2) is 9.50 Å². The third-order valence-electron chi connectivity index (χ3n) is 5.69. The van der Waals surface area contributed by atoms with Crippen molar-refractivity contribution in [2.75, 3.05) is 26.2 Å². The number of imidazole rings is 1. The molecule has 6 nitrogen and oxygen atoms in total. The molecule has 6 heteroatoms. The van der Waals surface area contributed by atoms with E-state index < -0.39 is 0 Å². The van der Waals surface area contributed by atoms with Gasteiger partial charge >= 0.3 is 0 Å². The Hall–Kier alpha value is -3.51. The van der Waals surface area contributed by atoms with Crippen LogP contribution in [0.4, 0.5) is 0 Å². The Morgan fingerprint density at radius 3 is 2.07 bits per heavy atom. The number of rotatable bonds is 4. The summed E-state index contributed by atoms with van der Waals surface area (Å²) in [5.74, 6) is -0.0168. The standard InChI is InChI=1S/C24H23N5O/c30-24(21-18-25-22-12-7-13-26-29(21)22)28-16-14-27(15-17-28)23(19-8-3-1-4-9-19)20-10-5-2-6-11-20/h1-13,18,23H,14-17H2. The summed E-state index contributed by atoms with van der Waals surface area (Å²) in [6, 6.07) is 25.0. The maximum absolute atomic E-state index is 13.1. The summed E-state index contributed by atoms with van der Waals surface area (Å²) < 4.78 is 1.62. The SMILES string of the molecule is O=C(c1cnc2cccnn12)N1CCN(C(c2ccccc2)c2ccccc2)CC1. The van der Waals surface area contributed by atoms with Crippen LogP contribution in [0.2, 0.25) is 0 Å². The second kappa shape index (κ2) is 8.08. The summed E-state index contributed by atoms with van der Waals surface area (Å²) in [6.45, 7) is 2.97. The number of carbonyl (C=O) groups excluding carboxylic acids is 1. The Kier molecular flexibility index (Phi) is 4.99. The first-order chi connectivity index (χ1) is 14.8. The summed E-state index contributed by atoms with van der Waals surface area (Å²) in [4.78, 5) is 21.8.